The molecule has 0 aliphatic carbocycles. The Morgan fingerprint density at radius 2 is 2.11 bits per heavy atom. The van der Waals surface area contributed by atoms with Gasteiger partial charge in [-0.15, -0.1) is 11.3 Å². The van der Waals surface area contributed by atoms with Gasteiger partial charge in [-0.25, -0.2) is 4.79 Å². The molecule has 0 saturated carbocycles. The van der Waals surface area contributed by atoms with Gasteiger partial charge in [0.15, 0.2) is 6.61 Å². The predicted molar refractivity (Wildman–Crippen MR) is 74.4 cm³/mol. The van der Waals surface area contributed by atoms with Crippen molar-refractivity contribution in [2.24, 2.45) is 0 Å². The smallest absolute Gasteiger partial charge is 0.348 e. The van der Waals surface area contributed by atoms with Crippen LogP contribution in [0, 0.1) is 6.92 Å². The molecule has 0 bridgehead atoms. The zero-order chi connectivity index (χ0) is 13.7. The minimum absolute atomic E-state index is 0.287. The minimum atomic E-state index is -0.477. The highest BCUT2D eigenvalue weighted by Gasteiger charge is 2.10. The average molecular weight is 275 g/mol. The summed E-state index contributed by atoms with van der Waals surface area (Å²) in [5.41, 5.74) is 1.74. The first kappa shape index (κ1) is 13.3. The van der Waals surface area contributed by atoms with E-state index < -0.39 is 5.97 Å². The maximum Gasteiger partial charge on any atom is 0.348 e. The molecule has 0 atom stereocenters. The molecule has 0 radical (unpaired) electrons. The monoisotopic (exact) mass is 275 g/mol. The third-order valence-corrected chi connectivity index (χ3v) is 3.21. The number of aryl methyl sites for hydroxylation is 1. The summed E-state index contributed by atoms with van der Waals surface area (Å²) in [5.74, 6) is -0.829. The molecule has 4 nitrogen and oxygen atoms in total. The van der Waals surface area contributed by atoms with Gasteiger partial charge < -0.3 is 10.1 Å². The largest absolute Gasteiger partial charge is 0.451 e. The Balaban J connectivity index is 1.83. The lowest BCUT2D eigenvalue weighted by Gasteiger charge is -2.06. The van der Waals surface area contributed by atoms with Crippen molar-refractivity contribution in [2.45, 2.75) is 6.92 Å². The Morgan fingerprint density at radius 3 is 2.79 bits per heavy atom. The SMILES string of the molecule is Cc1cccc(NC(=O)COC(=O)c2cccs2)c1. The fraction of sp³-hybridized carbons (Fsp3) is 0.143. The number of anilines is 1. The summed E-state index contributed by atoms with van der Waals surface area (Å²) >= 11 is 1.28. The molecule has 0 spiro atoms. The van der Waals surface area contributed by atoms with Crippen molar-refractivity contribution in [1.29, 1.82) is 0 Å². The van der Waals surface area contributed by atoms with E-state index in [0.717, 1.165) is 5.56 Å². The van der Waals surface area contributed by atoms with Crippen LogP contribution < -0.4 is 5.32 Å². The van der Waals surface area contributed by atoms with E-state index in [0.29, 0.717) is 10.6 Å². The molecule has 5 heteroatoms. The summed E-state index contributed by atoms with van der Waals surface area (Å²) in [4.78, 5) is 23.6. The van der Waals surface area contributed by atoms with E-state index in [4.69, 9.17) is 4.74 Å². The van der Waals surface area contributed by atoms with Gasteiger partial charge in [0.05, 0.1) is 0 Å². The van der Waals surface area contributed by atoms with E-state index in [1.54, 1.807) is 23.6 Å². The molecule has 1 heterocycles. The lowest BCUT2D eigenvalue weighted by molar-refractivity contribution is -0.119. The Morgan fingerprint density at radius 1 is 1.26 bits per heavy atom. The van der Waals surface area contributed by atoms with E-state index in [9.17, 15) is 9.59 Å². The number of benzene rings is 1. The van der Waals surface area contributed by atoms with E-state index in [1.165, 1.54) is 11.3 Å². The normalized spacial score (nSPS) is 9.95. The molecule has 0 fully saturated rings. The highest BCUT2D eigenvalue weighted by atomic mass is 32.1. The minimum Gasteiger partial charge on any atom is -0.451 e. The highest BCUT2D eigenvalue weighted by Crippen LogP contribution is 2.11. The van der Waals surface area contributed by atoms with Gasteiger partial charge >= 0.3 is 5.97 Å². The van der Waals surface area contributed by atoms with Gasteiger partial charge in [0.1, 0.15) is 4.88 Å². The second kappa shape index (κ2) is 6.15. The molecule has 1 aromatic heterocycles. The summed E-state index contributed by atoms with van der Waals surface area (Å²) in [5, 5.41) is 4.45. The zero-order valence-electron chi connectivity index (χ0n) is 10.4. The van der Waals surface area contributed by atoms with Crippen molar-refractivity contribution in [3.63, 3.8) is 0 Å². The van der Waals surface area contributed by atoms with Crippen molar-refractivity contribution in [2.75, 3.05) is 11.9 Å². The number of hydrogen-bond donors (Lipinski definition) is 1. The summed E-state index contributed by atoms with van der Waals surface area (Å²) in [6.07, 6.45) is 0. The molecular weight excluding hydrogens is 262 g/mol. The number of amides is 1. The standard InChI is InChI=1S/C14H13NO3S/c1-10-4-2-5-11(8-10)15-13(16)9-18-14(17)12-6-3-7-19-12/h2-8H,9H2,1H3,(H,15,16). The highest BCUT2D eigenvalue weighted by molar-refractivity contribution is 7.11. The second-order valence-electron chi connectivity index (χ2n) is 3.97. The number of carbonyl (C=O) groups is 2. The van der Waals surface area contributed by atoms with Crippen LogP contribution in [-0.4, -0.2) is 18.5 Å². The third-order valence-electron chi connectivity index (χ3n) is 2.36. The Hall–Kier alpha value is -2.14. The lowest BCUT2D eigenvalue weighted by atomic mass is 10.2. The van der Waals surface area contributed by atoms with Crippen molar-refractivity contribution >= 4 is 28.9 Å². The second-order valence-corrected chi connectivity index (χ2v) is 4.92. The number of carbonyl (C=O) groups excluding carboxylic acids is 2. The fourth-order valence-corrected chi connectivity index (χ4v) is 2.13. The van der Waals surface area contributed by atoms with Crippen molar-refractivity contribution in [3.05, 3.63) is 52.2 Å². The van der Waals surface area contributed by atoms with E-state index in [1.807, 2.05) is 25.1 Å². The van der Waals surface area contributed by atoms with Gasteiger partial charge in [-0.2, -0.15) is 0 Å². The van der Waals surface area contributed by atoms with Crippen molar-refractivity contribution < 1.29 is 14.3 Å². The number of ether oxygens (including phenoxy) is 1. The van der Waals surface area contributed by atoms with Gasteiger partial charge in [0.2, 0.25) is 0 Å². The Kier molecular flexibility index (Phi) is 4.30. The van der Waals surface area contributed by atoms with E-state index >= 15 is 0 Å². The summed E-state index contributed by atoms with van der Waals surface area (Å²) < 4.78 is 4.91. The first-order valence-corrected chi connectivity index (χ1v) is 6.60. The summed E-state index contributed by atoms with van der Waals surface area (Å²) in [6, 6.07) is 10.8. The van der Waals surface area contributed by atoms with Crippen LogP contribution in [-0.2, 0) is 9.53 Å². The van der Waals surface area contributed by atoms with Crippen LogP contribution in [0.3, 0.4) is 0 Å². The van der Waals surface area contributed by atoms with Gasteiger partial charge in [-0.05, 0) is 36.1 Å². The van der Waals surface area contributed by atoms with E-state index in [2.05, 4.69) is 5.32 Å². The number of esters is 1. The van der Waals surface area contributed by atoms with Gasteiger partial charge in [0.25, 0.3) is 5.91 Å². The molecule has 0 aliphatic rings. The molecule has 0 saturated heterocycles. The van der Waals surface area contributed by atoms with Crippen molar-refractivity contribution in [1.82, 2.24) is 0 Å². The molecule has 19 heavy (non-hydrogen) atoms. The van der Waals surface area contributed by atoms with Gasteiger partial charge in [-0.1, -0.05) is 18.2 Å². The molecule has 1 N–H and O–H groups in total. The molecule has 2 aromatic rings. The average Bonchev–Trinajstić information content (AvgIpc) is 2.90. The number of thiophene rings is 1. The van der Waals surface area contributed by atoms with Crippen LogP contribution in [0.2, 0.25) is 0 Å². The Bertz CT molecular complexity index is 578. The van der Waals surface area contributed by atoms with Crippen LogP contribution in [0.1, 0.15) is 15.2 Å². The zero-order valence-corrected chi connectivity index (χ0v) is 11.2. The van der Waals surface area contributed by atoms with Crippen LogP contribution in [0.4, 0.5) is 5.69 Å². The van der Waals surface area contributed by atoms with Crippen LogP contribution in [0.15, 0.2) is 41.8 Å². The van der Waals surface area contributed by atoms with Crippen molar-refractivity contribution in [3.8, 4) is 0 Å². The van der Waals surface area contributed by atoms with Gasteiger partial charge in [-0.3, -0.25) is 4.79 Å². The molecule has 98 valence electrons. The Labute approximate surface area is 115 Å². The number of hydrogen-bond acceptors (Lipinski definition) is 4. The molecule has 2 rings (SSSR count). The predicted octanol–water partition coefficient (Wildman–Crippen LogP) is 2.85. The molecular formula is C14H13NO3S. The quantitative estimate of drug-likeness (QED) is 0.873. The molecule has 1 amide bonds. The fourth-order valence-electron chi connectivity index (χ4n) is 1.52. The maximum absolute atomic E-state index is 11.6. The summed E-state index contributed by atoms with van der Waals surface area (Å²) in [6.45, 7) is 1.65. The first-order valence-electron chi connectivity index (χ1n) is 5.72. The van der Waals surface area contributed by atoms with Crippen LogP contribution >= 0.6 is 11.3 Å². The molecule has 0 unspecified atom stereocenters. The topological polar surface area (TPSA) is 55.4 Å². The van der Waals surface area contributed by atoms with Crippen LogP contribution in [0.25, 0.3) is 0 Å². The maximum atomic E-state index is 11.6. The molecule has 0 aliphatic heterocycles. The number of rotatable bonds is 4. The third kappa shape index (κ3) is 3.93. The lowest BCUT2D eigenvalue weighted by Crippen LogP contribution is -2.20. The molecule has 1 aromatic carbocycles. The van der Waals surface area contributed by atoms with Gasteiger partial charge in [0, 0.05) is 5.69 Å². The van der Waals surface area contributed by atoms with E-state index in [-0.39, 0.29) is 12.5 Å². The first-order chi connectivity index (χ1) is 9.15. The number of nitrogens with one attached hydrogen (secondary N) is 1. The van der Waals surface area contributed by atoms with Crippen LogP contribution in [0.5, 0.6) is 0 Å². The summed E-state index contributed by atoms with van der Waals surface area (Å²) in [7, 11) is 0.